The van der Waals surface area contributed by atoms with Gasteiger partial charge in [0.05, 0.1) is 12.3 Å². The predicted molar refractivity (Wildman–Crippen MR) is 64.3 cm³/mol. The molecule has 1 aliphatic rings. The number of rotatable bonds is 3. The fraction of sp³-hybridized carbons (Fsp3) is 0.231. The van der Waals surface area contributed by atoms with Crippen molar-refractivity contribution in [3.63, 3.8) is 0 Å². The van der Waals surface area contributed by atoms with Crippen molar-refractivity contribution in [3.8, 4) is 12.3 Å². The van der Waals surface area contributed by atoms with Gasteiger partial charge in [0.2, 0.25) is 6.10 Å². The van der Waals surface area contributed by atoms with Gasteiger partial charge in [-0.3, -0.25) is 4.79 Å². The van der Waals surface area contributed by atoms with Crippen LogP contribution in [0.5, 0.6) is 0 Å². The minimum atomic E-state index is -0.571. The van der Waals surface area contributed by atoms with E-state index in [1.807, 2.05) is 30.3 Å². The minimum absolute atomic E-state index is 0.208. The summed E-state index contributed by atoms with van der Waals surface area (Å²) in [6, 6.07) is 9.64. The number of carbonyl (C=O) groups is 1. The number of hydrogen-bond donors (Lipinski definition) is 1. The Bertz CT molecular complexity index is 474. The molecule has 1 amide bonds. The molecule has 86 valence electrons. The molecular weight excluding hydrogens is 216 g/mol. The van der Waals surface area contributed by atoms with Gasteiger partial charge in [-0.1, -0.05) is 41.4 Å². The van der Waals surface area contributed by atoms with Gasteiger partial charge in [-0.2, -0.15) is 0 Å². The lowest BCUT2D eigenvalue weighted by Gasteiger charge is -2.06. The van der Waals surface area contributed by atoms with Gasteiger partial charge in [0.1, 0.15) is 0 Å². The Morgan fingerprint density at radius 2 is 2.29 bits per heavy atom. The molecule has 0 spiro atoms. The first kappa shape index (κ1) is 11.2. The summed E-state index contributed by atoms with van der Waals surface area (Å²) < 4.78 is 0. The highest BCUT2D eigenvalue weighted by Gasteiger charge is 2.28. The van der Waals surface area contributed by atoms with E-state index in [9.17, 15) is 4.79 Å². The number of benzene rings is 1. The molecule has 0 bridgehead atoms. The van der Waals surface area contributed by atoms with Crippen LogP contribution in [-0.2, 0) is 9.63 Å². The van der Waals surface area contributed by atoms with E-state index in [1.165, 1.54) is 0 Å². The van der Waals surface area contributed by atoms with Crippen molar-refractivity contribution in [3.05, 3.63) is 35.9 Å². The number of terminal acetylenes is 1. The number of oxime groups is 1. The van der Waals surface area contributed by atoms with Crippen molar-refractivity contribution in [1.82, 2.24) is 5.32 Å². The van der Waals surface area contributed by atoms with E-state index in [-0.39, 0.29) is 12.5 Å². The molecule has 0 saturated heterocycles. The number of carbonyl (C=O) groups excluding carboxylic acids is 1. The van der Waals surface area contributed by atoms with E-state index >= 15 is 0 Å². The molecule has 1 aromatic rings. The number of hydrogen-bond acceptors (Lipinski definition) is 3. The first-order valence-electron chi connectivity index (χ1n) is 5.30. The maximum absolute atomic E-state index is 11.6. The molecule has 0 fully saturated rings. The molecule has 0 saturated carbocycles. The molecule has 0 aromatic heterocycles. The number of nitrogens with zero attached hydrogens (tertiary/aromatic N) is 1. The zero-order valence-electron chi connectivity index (χ0n) is 9.22. The molecule has 17 heavy (non-hydrogen) atoms. The van der Waals surface area contributed by atoms with Crippen molar-refractivity contribution in [2.75, 3.05) is 6.54 Å². The fourth-order valence-corrected chi connectivity index (χ4v) is 1.57. The van der Waals surface area contributed by atoms with Crippen LogP contribution in [0.3, 0.4) is 0 Å². The Hall–Kier alpha value is -2.28. The molecule has 0 radical (unpaired) electrons. The first-order chi connectivity index (χ1) is 8.31. The Balaban J connectivity index is 1.96. The van der Waals surface area contributed by atoms with Crippen molar-refractivity contribution in [1.29, 1.82) is 0 Å². The van der Waals surface area contributed by atoms with Crippen LogP contribution in [0.25, 0.3) is 0 Å². The van der Waals surface area contributed by atoms with Gasteiger partial charge in [-0.25, -0.2) is 0 Å². The largest absolute Gasteiger partial charge is 0.382 e. The minimum Gasteiger partial charge on any atom is -0.382 e. The third-order valence-electron chi connectivity index (χ3n) is 2.43. The second-order valence-corrected chi connectivity index (χ2v) is 3.62. The zero-order valence-corrected chi connectivity index (χ0v) is 9.22. The molecular formula is C13H12N2O2. The van der Waals surface area contributed by atoms with Crippen LogP contribution < -0.4 is 5.32 Å². The highest BCUT2D eigenvalue weighted by atomic mass is 16.6. The zero-order chi connectivity index (χ0) is 12.1. The van der Waals surface area contributed by atoms with E-state index in [2.05, 4.69) is 16.4 Å². The Morgan fingerprint density at radius 1 is 1.53 bits per heavy atom. The summed E-state index contributed by atoms with van der Waals surface area (Å²) in [7, 11) is 0. The second-order valence-electron chi connectivity index (χ2n) is 3.62. The molecule has 1 aliphatic heterocycles. The van der Waals surface area contributed by atoms with Crippen molar-refractivity contribution in [2.45, 2.75) is 12.5 Å². The van der Waals surface area contributed by atoms with Crippen LogP contribution in [-0.4, -0.2) is 24.3 Å². The van der Waals surface area contributed by atoms with Gasteiger partial charge in [-0.15, -0.1) is 6.42 Å². The Labute approximate surface area is 99.7 Å². The normalized spacial score (nSPS) is 17.8. The van der Waals surface area contributed by atoms with Gasteiger partial charge in [0, 0.05) is 6.42 Å². The van der Waals surface area contributed by atoms with Crippen LogP contribution in [0.1, 0.15) is 12.0 Å². The molecule has 1 aromatic carbocycles. The first-order valence-corrected chi connectivity index (χ1v) is 5.30. The van der Waals surface area contributed by atoms with Crippen LogP contribution >= 0.6 is 0 Å². The van der Waals surface area contributed by atoms with E-state index in [0.29, 0.717) is 6.42 Å². The fourth-order valence-electron chi connectivity index (χ4n) is 1.57. The Morgan fingerprint density at radius 3 is 3.00 bits per heavy atom. The maximum Gasteiger partial charge on any atom is 0.265 e. The summed E-state index contributed by atoms with van der Waals surface area (Å²) in [5, 5.41) is 6.49. The molecule has 0 aliphatic carbocycles. The molecule has 1 unspecified atom stereocenters. The summed E-state index contributed by atoms with van der Waals surface area (Å²) in [5.74, 6) is 2.12. The average Bonchev–Trinajstić information content (AvgIpc) is 2.86. The Kier molecular flexibility index (Phi) is 3.41. The predicted octanol–water partition coefficient (Wildman–Crippen LogP) is 0.929. The SMILES string of the molecule is C#CCNC(=O)C1CC(c2ccccc2)=NO1. The smallest absolute Gasteiger partial charge is 0.265 e. The van der Waals surface area contributed by atoms with Crippen molar-refractivity contribution in [2.24, 2.45) is 5.16 Å². The van der Waals surface area contributed by atoms with Gasteiger partial charge in [0.25, 0.3) is 5.91 Å². The van der Waals surface area contributed by atoms with Crippen LogP contribution in [0.15, 0.2) is 35.5 Å². The molecule has 2 rings (SSSR count). The molecule has 4 nitrogen and oxygen atoms in total. The summed E-state index contributed by atoms with van der Waals surface area (Å²) in [5.41, 5.74) is 1.76. The highest BCUT2D eigenvalue weighted by Crippen LogP contribution is 2.16. The summed E-state index contributed by atoms with van der Waals surface area (Å²) >= 11 is 0. The maximum atomic E-state index is 11.6. The monoisotopic (exact) mass is 228 g/mol. The van der Waals surface area contributed by atoms with E-state index in [1.54, 1.807) is 0 Å². The standard InChI is InChI=1S/C13H12N2O2/c1-2-8-14-13(16)12-9-11(15-17-12)10-6-4-3-5-7-10/h1,3-7,12H,8-9H2,(H,14,16). The lowest BCUT2D eigenvalue weighted by atomic mass is 10.0. The average molecular weight is 228 g/mol. The third kappa shape index (κ3) is 2.64. The summed E-state index contributed by atoms with van der Waals surface area (Å²) in [6.45, 7) is 0.208. The van der Waals surface area contributed by atoms with Crippen LogP contribution in [0.2, 0.25) is 0 Å². The van der Waals surface area contributed by atoms with Gasteiger partial charge in [-0.05, 0) is 5.56 Å². The number of amides is 1. The topological polar surface area (TPSA) is 50.7 Å². The molecule has 4 heteroatoms. The molecule has 1 N–H and O–H groups in total. The summed E-state index contributed by atoms with van der Waals surface area (Å²) in [4.78, 5) is 16.7. The number of nitrogens with one attached hydrogen (secondary N) is 1. The van der Waals surface area contributed by atoms with E-state index in [0.717, 1.165) is 11.3 Å². The lowest BCUT2D eigenvalue weighted by Crippen LogP contribution is -2.34. The van der Waals surface area contributed by atoms with Gasteiger partial charge in [0.15, 0.2) is 0 Å². The lowest BCUT2D eigenvalue weighted by molar-refractivity contribution is -0.130. The van der Waals surface area contributed by atoms with Crippen molar-refractivity contribution >= 4 is 11.6 Å². The van der Waals surface area contributed by atoms with Gasteiger partial charge < -0.3 is 10.2 Å². The quantitative estimate of drug-likeness (QED) is 0.782. The van der Waals surface area contributed by atoms with E-state index < -0.39 is 6.10 Å². The van der Waals surface area contributed by atoms with Crippen molar-refractivity contribution < 1.29 is 9.63 Å². The highest BCUT2D eigenvalue weighted by molar-refractivity contribution is 6.04. The van der Waals surface area contributed by atoms with Gasteiger partial charge >= 0.3 is 0 Å². The van der Waals surface area contributed by atoms with E-state index in [4.69, 9.17) is 11.3 Å². The van der Waals surface area contributed by atoms with Crippen LogP contribution in [0, 0.1) is 12.3 Å². The molecule has 1 atom stereocenters. The molecule has 1 heterocycles. The second kappa shape index (κ2) is 5.17. The third-order valence-corrected chi connectivity index (χ3v) is 2.43. The van der Waals surface area contributed by atoms with Crippen LogP contribution in [0.4, 0.5) is 0 Å². The summed E-state index contributed by atoms with van der Waals surface area (Å²) in [6.07, 6.45) is 4.96.